The van der Waals surface area contributed by atoms with Crippen molar-refractivity contribution in [2.75, 3.05) is 12.4 Å². The van der Waals surface area contributed by atoms with Crippen LogP contribution in [0.15, 0.2) is 84.0 Å². The lowest BCUT2D eigenvalue weighted by atomic mass is 10.1. The first-order valence-corrected chi connectivity index (χ1v) is 11.6. The molecule has 34 heavy (non-hydrogen) atoms. The maximum atomic E-state index is 12.9. The molecule has 1 heterocycles. The molecule has 1 aromatic heterocycles. The molecule has 7 nitrogen and oxygen atoms in total. The van der Waals surface area contributed by atoms with Crippen LogP contribution in [0.1, 0.15) is 24.2 Å². The number of para-hydroxylation sites is 2. The van der Waals surface area contributed by atoms with Crippen LogP contribution in [0.3, 0.4) is 0 Å². The average Bonchev–Trinajstić information content (AvgIpc) is 3.28. The first kappa shape index (κ1) is 23.3. The highest BCUT2D eigenvalue weighted by Gasteiger charge is 2.23. The Morgan fingerprint density at radius 3 is 2.29 bits per heavy atom. The van der Waals surface area contributed by atoms with Crippen LogP contribution < -0.4 is 10.1 Å². The minimum absolute atomic E-state index is 0.0205. The molecule has 0 aliphatic carbocycles. The van der Waals surface area contributed by atoms with Gasteiger partial charge in [-0.25, -0.2) is 0 Å². The van der Waals surface area contributed by atoms with Crippen molar-refractivity contribution in [2.45, 2.75) is 24.3 Å². The summed E-state index contributed by atoms with van der Waals surface area (Å²) >= 11 is 1.31. The molecular weight excluding hydrogens is 448 g/mol. The molecule has 0 saturated heterocycles. The van der Waals surface area contributed by atoms with Crippen LogP contribution in [-0.4, -0.2) is 38.8 Å². The number of methoxy groups -OCH3 is 1. The number of ketones is 1. The number of Topliss-reactive ketones (excluding diaryl/α,β-unsaturated/α-hetero) is 1. The van der Waals surface area contributed by atoms with Crippen LogP contribution >= 0.6 is 11.8 Å². The summed E-state index contributed by atoms with van der Waals surface area (Å²) in [4.78, 5) is 24.4. The molecule has 0 aliphatic heterocycles. The Labute approximate surface area is 202 Å². The smallest absolute Gasteiger partial charge is 0.237 e. The largest absolute Gasteiger partial charge is 0.496 e. The number of thioether (sulfide) groups is 1. The van der Waals surface area contributed by atoms with Crippen molar-refractivity contribution in [3.8, 4) is 22.8 Å². The quantitative estimate of drug-likeness (QED) is 0.278. The number of benzene rings is 3. The number of anilines is 1. The molecule has 8 heteroatoms. The molecule has 4 rings (SSSR count). The zero-order valence-electron chi connectivity index (χ0n) is 19.1. The van der Waals surface area contributed by atoms with E-state index in [1.54, 1.807) is 31.4 Å². The van der Waals surface area contributed by atoms with Gasteiger partial charge in [-0.1, -0.05) is 42.1 Å². The van der Waals surface area contributed by atoms with Crippen LogP contribution in [-0.2, 0) is 4.79 Å². The van der Waals surface area contributed by atoms with E-state index in [0.29, 0.717) is 28.0 Å². The first-order valence-electron chi connectivity index (χ1n) is 10.7. The van der Waals surface area contributed by atoms with E-state index in [-0.39, 0.29) is 11.7 Å². The molecular formula is C26H24N4O3S. The highest BCUT2D eigenvalue weighted by Crippen LogP contribution is 2.34. The number of hydrogen-bond acceptors (Lipinski definition) is 6. The van der Waals surface area contributed by atoms with Gasteiger partial charge >= 0.3 is 0 Å². The van der Waals surface area contributed by atoms with Gasteiger partial charge in [0.05, 0.1) is 17.9 Å². The number of nitrogens with one attached hydrogen (secondary N) is 1. The summed E-state index contributed by atoms with van der Waals surface area (Å²) in [5.74, 6) is 1.11. The fourth-order valence-corrected chi connectivity index (χ4v) is 4.27. The zero-order chi connectivity index (χ0) is 24.1. The molecule has 1 atom stereocenters. The van der Waals surface area contributed by atoms with Gasteiger partial charge in [0.25, 0.3) is 0 Å². The Morgan fingerprint density at radius 1 is 0.941 bits per heavy atom. The average molecular weight is 473 g/mol. The topological polar surface area (TPSA) is 86.1 Å². The van der Waals surface area contributed by atoms with Crippen molar-refractivity contribution < 1.29 is 14.3 Å². The van der Waals surface area contributed by atoms with E-state index in [1.165, 1.54) is 18.7 Å². The minimum Gasteiger partial charge on any atom is -0.496 e. The lowest BCUT2D eigenvalue weighted by Crippen LogP contribution is -2.23. The second kappa shape index (κ2) is 10.4. The molecule has 172 valence electrons. The molecule has 0 fully saturated rings. The van der Waals surface area contributed by atoms with Gasteiger partial charge in [0.15, 0.2) is 16.8 Å². The van der Waals surface area contributed by atoms with Gasteiger partial charge in [-0.3, -0.25) is 14.2 Å². The number of nitrogens with zero attached hydrogens (tertiary/aromatic N) is 3. The lowest BCUT2D eigenvalue weighted by molar-refractivity contribution is -0.115. The second-order valence-corrected chi connectivity index (χ2v) is 8.87. The Morgan fingerprint density at radius 2 is 1.62 bits per heavy atom. The lowest BCUT2D eigenvalue weighted by Gasteiger charge is -2.15. The second-order valence-electron chi connectivity index (χ2n) is 7.56. The SMILES string of the molecule is COc1ccccc1-c1nnc(S[C@H](C)C(=O)Nc2ccc(C(C)=O)cc2)n1-c1ccccc1. The number of amides is 1. The van der Waals surface area contributed by atoms with Crippen molar-refractivity contribution in [1.82, 2.24) is 14.8 Å². The van der Waals surface area contributed by atoms with Crippen molar-refractivity contribution in [1.29, 1.82) is 0 Å². The number of rotatable bonds is 8. The summed E-state index contributed by atoms with van der Waals surface area (Å²) in [6, 6.07) is 24.2. The maximum Gasteiger partial charge on any atom is 0.237 e. The molecule has 0 unspecified atom stereocenters. The molecule has 0 radical (unpaired) electrons. The Kier molecular flexibility index (Phi) is 7.08. The third kappa shape index (κ3) is 5.02. The summed E-state index contributed by atoms with van der Waals surface area (Å²) in [5, 5.41) is 11.9. The van der Waals surface area contributed by atoms with Gasteiger partial charge < -0.3 is 10.1 Å². The van der Waals surface area contributed by atoms with Crippen molar-refractivity contribution in [2.24, 2.45) is 0 Å². The minimum atomic E-state index is -0.454. The summed E-state index contributed by atoms with van der Waals surface area (Å²) in [6.07, 6.45) is 0. The van der Waals surface area contributed by atoms with Gasteiger partial charge in [0, 0.05) is 16.9 Å². The number of carbonyl (C=O) groups is 2. The maximum absolute atomic E-state index is 12.9. The van der Waals surface area contributed by atoms with E-state index in [9.17, 15) is 9.59 Å². The van der Waals surface area contributed by atoms with Gasteiger partial charge in [0.1, 0.15) is 5.75 Å². The predicted octanol–water partition coefficient (Wildman–Crippen LogP) is 5.26. The Hall–Kier alpha value is -3.91. The first-order chi connectivity index (χ1) is 16.5. The standard InChI is InChI=1S/C26H24N4O3S/c1-17(31)19-13-15-20(16-14-19)27-25(32)18(2)34-26-29-28-24(22-11-7-8-12-23(22)33-3)30(26)21-9-5-4-6-10-21/h4-16,18H,1-3H3,(H,27,32)/t18-/m1/s1. The number of ether oxygens (including phenoxy) is 1. The van der Waals surface area contributed by atoms with E-state index in [2.05, 4.69) is 15.5 Å². The molecule has 4 aromatic rings. The molecule has 0 aliphatic rings. The van der Waals surface area contributed by atoms with Crippen LogP contribution in [0.4, 0.5) is 5.69 Å². The van der Waals surface area contributed by atoms with Gasteiger partial charge in [-0.2, -0.15) is 0 Å². The summed E-state index contributed by atoms with van der Waals surface area (Å²) < 4.78 is 7.46. The zero-order valence-corrected chi connectivity index (χ0v) is 19.9. The number of carbonyl (C=O) groups excluding carboxylic acids is 2. The normalized spacial score (nSPS) is 11.6. The molecule has 1 N–H and O–H groups in total. The van der Waals surface area contributed by atoms with Crippen molar-refractivity contribution in [3.05, 3.63) is 84.4 Å². The Bertz CT molecular complexity index is 1300. The Balaban J connectivity index is 1.62. The summed E-state index contributed by atoms with van der Waals surface area (Å²) in [7, 11) is 1.62. The van der Waals surface area contributed by atoms with Gasteiger partial charge in [-0.05, 0) is 62.4 Å². The fraction of sp³-hybridized carbons (Fsp3) is 0.154. The molecule has 1 amide bonds. The monoisotopic (exact) mass is 472 g/mol. The highest BCUT2D eigenvalue weighted by atomic mass is 32.2. The molecule has 0 spiro atoms. The van der Waals surface area contributed by atoms with E-state index >= 15 is 0 Å². The summed E-state index contributed by atoms with van der Waals surface area (Å²) in [5.41, 5.74) is 2.90. The number of aromatic nitrogens is 3. The van der Waals surface area contributed by atoms with Crippen LogP contribution in [0, 0.1) is 0 Å². The van der Waals surface area contributed by atoms with E-state index < -0.39 is 5.25 Å². The highest BCUT2D eigenvalue weighted by molar-refractivity contribution is 8.00. The van der Waals surface area contributed by atoms with E-state index in [4.69, 9.17) is 4.74 Å². The van der Waals surface area contributed by atoms with E-state index in [1.807, 2.05) is 66.1 Å². The van der Waals surface area contributed by atoms with Crippen molar-refractivity contribution in [3.63, 3.8) is 0 Å². The summed E-state index contributed by atoms with van der Waals surface area (Å²) in [6.45, 7) is 3.32. The number of hydrogen-bond donors (Lipinski definition) is 1. The predicted molar refractivity (Wildman–Crippen MR) is 134 cm³/mol. The van der Waals surface area contributed by atoms with E-state index in [0.717, 1.165) is 11.3 Å². The van der Waals surface area contributed by atoms with Crippen molar-refractivity contribution >= 4 is 29.1 Å². The van der Waals surface area contributed by atoms with Gasteiger partial charge in [0.2, 0.25) is 5.91 Å². The van der Waals surface area contributed by atoms with Crippen LogP contribution in [0.2, 0.25) is 0 Å². The third-order valence-electron chi connectivity index (χ3n) is 5.21. The molecule has 3 aromatic carbocycles. The van der Waals surface area contributed by atoms with Crippen LogP contribution in [0.25, 0.3) is 17.1 Å². The molecule has 0 saturated carbocycles. The molecule has 0 bridgehead atoms. The van der Waals surface area contributed by atoms with Crippen LogP contribution in [0.5, 0.6) is 5.75 Å². The third-order valence-corrected chi connectivity index (χ3v) is 6.25. The fourth-order valence-electron chi connectivity index (χ4n) is 3.40. The van der Waals surface area contributed by atoms with Gasteiger partial charge in [-0.15, -0.1) is 10.2 Å².